The first kappa shape index (κ1) is 22.1. The van der Waals surface area contributed by atoms with Crippen molar-refractivity contribution in [1.29, 1.82) is 0 Å². The van der Waals surface area contributed by atoms with Gasteiger partial charge in [-0.1, -0.05) is 6.07 Å². The highest BCUT2D eigenvalue weighted by Gasteiger charge is 2.20. The van der Waals surface area contributed by atoms with Crippen LogP contribution in [-0.2, 0) is 19.5 Å². The molecule has 0 aliphatic rings. The van der Waals surface area contributed by atoms with E-state index >= 15 is 0 Å². The number of H-pyrrole nitrogens is 1. The standard InChI is InChI=1S/C23H28N4O4/c1-15-8-10-27(11-9-17-6-7-18(30-4)19(12-17)31-5)23(29)21(15)22(28)26(3)14-20-24-13-16(2)25-20/h6-8,10,12-13H,9,11,14H2,1-5H3,(H,24,25). The van der Waals surface area contributed by atoms with Crippen molar-refractivity contribution in [2.75, 3.05) is 21.3 Å². The van der Waals surface area contributed by atoms with Crippen molar-refractivity contribution in [3.8, 4) is 11.5 Å². The number of methoxy groups -OCH3 is 2. The number of aromatic amines is 1. The number of carbonyl (C=O) groups is 1. The molecule has 2 heterocycles. The molecule has 0 atom stereocenters. The second-order valence-electron chi connectivity index (χ2n) is 7.49. The molecule has 0 aliphatic carbocycles. The van der Waals surface area contributed by atoms with Crippen LogP contribution < -0.4 is 15.0 Å². The Kier molecular flexibility index (Phi) is 6.79. The van der Waals surface area contributed by atoms with E-state index in [0.29, 0.717) is 42.4 Å². The number of pyridine rings is 1. The summed E-state index contributed by atoms with van der Waals surface area (Å²) < 4.78 is 12.2. The summed E-state index contributed by atoms with van der Waals surface area (Å²) in [5, 5.41) is 0. The van der Waals surface area contributed by atoms with Gasteiger partial charge < -0.3 is 23.9 Å². The van der Waals surface area contributed by atoms with Gasteiger partial charge in [-0.15, -0.1) is 0 Å². The zero-order chi connectivity index (χ0) is 22.5. The van der Waals surface area contributed by atoms with E-state index in [1.54, 1.807) is 51.2 Å². The molecule has 0 bridgehead atoms. The van der Waals surface area contributed by atoms with Crippen LogP contribution in [-0.4, -0.2) is 46.6 Å². The van der Waals surface area contributed by atoms with Gasteiger partial charge in [-0.25, -0.2) is 4.98 Å². The number of ether oxygens (including phenoxy) is 2. The lowest BCUT2D eigenvalue weighted by atomic mass is 10.1. The van der Waals surface area contributed by atoms with Crippen LogP contribution in [0.1, 0.15) is 33.0 Å². The molecular formula is C23H28N4O4. The Bertz CT molecular complexity index is 1130. The fourth-order valence-corrected chi connectivity index (χ4v) is 3.42. The topological polar surface area (TPSA) is 89.5 Å². The summed E-state index contributed by atoms with van der Waals surface area (Å²) in [5.41, 5.74) is 2.46. The minimum Gasteiger partial charge on any atom is -0.493 e. The molecule has 8 nitrogen and oxygen atoms in total. The zero-order valence-corrected chi connectivity index (χ0v) is 18.6. The van der Waals surface area contributed by atoms with Gasteiger partial charge in [0.15, 0.2) is 11.5 Å². The minimum absolute atomic E-state index is 0.181. The second kappa shape index (κ2) is 9.51. The lowest BCUT2D eigenvalue weighted by molar-refractivity contribution is 0.0778. The van der Waals surface area contributed by atoms with Gasteiger partial charge in [0.2, 0.25) is 0 Å². The van der Waals surface area contributed by atoms with Gasteiger partial charge in [0, 0.05) is 31.7 Å². The molecule has 0 radical (unpaired) electrons. The lowest BCUT2D eigenvalue weighted by Crippen LogP contribution is -2.35. The van der Waals surface area contributed by atoms with E-state index in [1.807, 2.05) is 25.1 Å². The maximum absolute atomic E-state index is 13.1. The van der Waals surface area contributed by atoms with Crippen LogP contribution >= 0.6 is 0 Å². The third kappa shape index (κ3) is 4.96. The van der Waals surface area contributed by atoms with Crippen LogP contribution in [0.5, 0.6) is 11.5 Å². The molecule has 8 heteroatoms. The van der Waals surface area contributed by atoms with Crippen LogP contribution in [0.3, 0.4) is 0 Å². The first-order chi connectivity index (χ1) is 14.8. The van der Waals surface area contributed by atoms with Crippen molar-refractivity contribution in [2.24, 2.45) is 0 Å². The summed E-state index contributed by atoms with van der Waals surface area (Å²) in [7, 11) is 4.84. The van der Waals surface area contributed by atoms with E-state index in [9.17, 15) is 9.59 Å². The van der Waals surface area contributed by atoms with Gasteiger partial charge >= 0.3 is 0 Å². The second-order valence-corrected chi connectivity index (χ2v) is 7.49. The van der Waals surface area contributed by atoms with Crippen molar-refractivity contribution in [3.05, 3.63) is 75.2 Å². The summed E-state index contributed by atoms with van der Waals surface area (Å²) in [4.78, 5) is 34.9. The fraction of sp³-hybridized carbons (Fsp3) is 0.348. The predicted molar refractivity (Wildman–Crippen MR) is 118 cm³/mol. The van der Waals surface area contributed by atoms with Crippen LogP contribution in [0, 0.1) is 13.8 Å². The van der Waals surface area contributed by atoms with E-state index < -0.39 is 0 Å². The number of hydrogen-bond donors (Lipinski definition) is 1. The Morgan fingerprint density at radius 2 is 1.90 bits per heavy atom. The Balaban J connectivity index is 1.78. The van der Waals surface area contributed by atoms with Gasteiger partial charge in [-0.05, 0) is 49.6 Å². The third-order valence-electron chi connectivity index (χ3n) is 5.17. The summed E-state index contributed by atoms with van der Waals surface area (Å²) in [6.07, 6.45) is 4.05. The first-order valence-corrected chi connectivity index (χ1v) is 10.0. The third-order valence-corrected chi connectivity index (χ3v) is 5.17. The maximum Gasteiger partial charge on any atom is 0.263 e. The highest BCUT2D eigenvalue weighted by atomic mass is 16.5. The summed E-state index contributed by atoms with van der Waals surface area (Å²) >= 11 is 0. The predicted octanol–water partition coefficient (Wildman–Crippen LogP) is 2.72. The van der Waals surface area contributed by atoms with Gasteiger partial charge in [0.05, 0.1) is 20.8 Å². The van der Waals surface area contributed by atoms with Gasteiger partial charge in [0.25, 0.3) is 11.5 Å². The molecule has 0 unspecified atom stereocenters. The highest BCUT2D eigenvalue weighted by Crippen LogP contribution is 2.27. The van der Waals surface area contributed by atoms with E-state index in [0.717, 1.165) is 11.3 Å². The molecule has 1 aromatic carbocycles. The Morgan fingerprint density at radius 3 is 2.55 bits per heavy atom. The largest absolute Gasteiger partial charge is 0.493 e. The van der Waals surface area contributed by atoms with Gasteiger partial charge in [-0.3, -0.25) is 9.59 Å². The Hall–Kier alpha value is -3.55. The molecule has 0 fully saturated rings. The van der Waals surface area contributed by atoms with Crippen molar-refractivity contribution < 1.29 is 14.3 Å². The summed E-state index contributed by atoms with van der Waals surface area (Å²) in [6.45, 7) is 4.41. The van der Waals surface area contributed by atoms with E-state index in [4.69, 9.17) is 9.47 Å². The molecule has 0 saturated heterocycles. The number of amides is 1. The van der Waals surface area contributed by atoms with E-state index in [2.05, 4.69) is 9.97 Å². The molecule has 1 N–H and O–H groups in total. The van der Waals surface area contributed by atoms with Crippen molar-refractivity contribution in [1.82, 2.24) is 19.4 Å². The number of carbonyl (C=O) groups excluding carboxylic acids is 1. The number of aryl methyl sites for hydroxylation is 4. The van der Waals surface area contributed by atoms with Crippen LogP contribution in [0.2, 0.25) is 0 Å². The van der Waals surface area contributed by atoms with Crippen LogP contribution in [0.4, 0.5) is 0 Å². The lowest BCUT2D eigenvalue weighted by Gasteiger charge is -2.18. The molecule has 3 aromatic rings. The average Bonchev–Trinajstić information content (AvgIpc) is 3.17. The van der Waals surface area contributed by atoms with Gasteiger partial charge in [-0.2, -0.15) is 0 Å². The Morgan fingerprint density at radius 1 is 1.16 bits per heavy atom. The minimum atomic E-state index is -0.322. The molecule has 0 aliphatic heterocycles. The van der Waals surface area contributed by atoms with Crippen molar-refractivity contribution in [3.63, 3.8) is 0 Å². The molecule has 0 saturated carbocycles. The molecule has 3 rings (SSSR count). The molecule has 31 heavy (non-hydrogen) atoms. The van der Waals surface area contributed by atoms with Crippen LogP contribution in [0.15, 0.2) is 41.5 Å². The number of benzene rings is 1. The first-order valence-electron chi connectivity index (χ1n) is 10.0. The zero-order valence-electron chi connectivity index (χ0n) is 18.6. The number of nitrogens with one attached hydrogen (secondary N) is 1. The SMILES string of the molecule is COc1ccc(CCn2ccc(C)c(C(=O)N(C)Cc3ncc(C)[nH]3)c2=O)cc1OC. The van der Waals surface area contributed by atoms with Gasteiger partial charge in [0.1, 0.15) is 11.4 Å². The smallest absolute Gasteiger partial charge is 0.263 e. The summed E-state index contributed by atoms with van der Waals surface area (Å²) in [5.74, 6) is 1.65. The number of nitrogens with zero attached hydrogens (tertiary/aromatic N) is 3. The number of aromatic nitrogens is 3. The molecule has 1 amide bonds. The Labute approximate surface area is 181 Å². The average molecular weight is 425 g/mol. The number of hydrogen-bond acceptors (Lipinski definition) is 5. The molecule has 2 aromatic heterocycles. The highest BCUT2D eigenvalue weighted by molar-refractivity contribution is 5.95. The normalized spacial score (nSPS) is 10.7. The summed E-state index contributed by atoms with van der Waals surface area (Å²) in [6, 6.07) is 7.47. The molecular weight excluding hydrogens is 396 g/mol. The number of imidazole rings is 1. The van der Waals surface area contributed by atoms with Crippen LogP contribution in [0.25, 0.3) is 0 Å². The van der Waals surface area contributed by atoms with Crippen molar-refractivity contribution in [2.45, 2.75) is 33.4 Å². The molecule has 0 spiro atoms. The number of rotatable bonds is 8. The van der Waals surface area contributed by atoms with Crippen molar-refractivity contribution >= 4 is 5.91 Å². The molecule has 164 valence electrons. The van der Waals surface area contributed by atoms with E-state index in [1.165, 1.54) is 4.90 Å². The van der Waals surface area contributed by atoms with E-state index in [-0.39, 0.29) is 17.0 Å². The monoisotopic (exact) mass is 424 g/mol. The maximum atomic E-state index is 13.1. The quantitative estimate of drug-likeness (QED) is 0.601. The fourth-order valence-electron chi connectivity index (χ4n) is 3.42.